The molecule has 0 saturated heterocycles. The molecule has 0 aliphatic heterocycles. The Morgan fingerprint density at radius 1 is 1.27 bits per heavy atom. The minimum absolute atomic E-state index is 0.752. The molecule has 0 aliphatic rings. The summed E-state index contributed by atoms with van der Waals surface area (Å²) in [7, 11) is -1.47. The number of allylic oxidation sites excluding steroid dienone is 2. The highest BCUT2D eigenvalue weighted by Gasteiger charge is 2.12. The van der Waals surface area contributed by atoms with Crippen molar-refractivity contribution in [2.75, 3.05) is 13.2 Å². The van der Waals surface area contributed by atoms with Crippen LogP contribution < -0.4 is 0 Å². The predicted octanol–water partition coefficient (Wildman–Crippen LogP) is 1.79. The molecular formula is C8H18O2Si. The van der Waals surface area contributed by atoms with Gasteiger partial charge in [-0.25, -0.2) is 0 Å². The van der Waals surface area contributed by atoms with Crippen molar-refractivity contribution in [2.24, 2.45) is 0 Å². The Balaban J connectivity index is 3.87. The summed E-state index contributed by atoms with van der Waals surface area (Å²) in [6, 6.07) is 0. The van der Waals surface area contributed by atoms with Crippen LogP contribution in [0.15, 0.2) is 11.3 Å². The molecule has 0 atom stereocenters. The van der Waals surface area contributed by atoms with Crippen molar-refractivity contribution in [1.29, 1.82) is 0 Å². The first-order valence-corrected chi connectivity index (χ1v) is 5.64. The molecule has 66 valence electrons. The van der Waals surface area contributed by atoms with E-state index in [0.29, 0.717) is 0 Å². The van der Waals surface area contributed by atoms with Crippen LogP contribution in [0.4, 0.5) is 0 Å². The van der Waals surface area contributed by atoms with Gasteiger partial charge in [-0.3, -0.25) is 0 Å². The molecule has 0 unspecified atom stereocenters. The van der Waals surface area contributed by atoms with Gasteiger partial charge in [-0.1, -0.05) is 6.08 Å². The third-order valence-electron chi connectivity index (χ3n) is 1.46. The van der Waals surface area contributed by atoms with E-state index in [-0.39, 0.29) is 0 Å². The van der Waals surface area contributed by atoms with Crippen LogP contribution in [0.3, 0.4) is 0 Å². The average molecular weight is 174 g/mol. The topological polar surface area (TPSA) is 18.5 Å². The molecule has 0 heterocycles. The lowest BCUT2D eigenvalue weighted by Gasteiger charge is -2.14. The Kier molecular flexibility index (Phi) is 6.50. The van der Waals surface area contributed by atoms with Gasteiger partial charge in [0.15, 0.2) is 0 Å². The van der Waals surface area contributed by atoms with Crippen LogP contribution in [0.5, 0.6) is 0 Å². The fraction of sp³-hybridized carbons (Fsp3) is 0.750. The smallest absolute Gasteiger partial charge is 0.351 e. The van der Waals surface area contributed by atoms with E-state index in [1.807, 2.05) is 20.8 Å². The van der Waals surface area contributed by atoms with Crippen molar-refractivity contribution in [3.05, 3.63) is 11.3 Å². The first-order valence-electron chi connectivity index (χ1n) is 4.12. The van der Waals surface area contributed by atoms with Crippen LogP contribution in [-0.2, 0) is 8.85 Å². The van der Waals surface area contributed by atoms with Crippen molar-refractivity contribution in [3.63, 3.8) is 0 Å². The maximum atomic E-state index is 5.48. The molecule has 0 radical (unpaired) electrons. The Hall–Kier alpha value is -0.123. The quantitative estimate of drug-likeness (QED) is 0.592. The summed E-state index contributed by atoms with van der Waals surface area (Å²) in [6.45, 7) is 9.60. The molecule has 3 heteroatoms. The first-order chi connectivity index (χ1) is 5.26. The number of hydrogen-bond donors (Lipinski definition) is 0. The lowest BCUT2D eigenvalue weighted by molar-refractivity contribution is 0.221. The van der Waals surface area contributed by atoms with Gasteiger partial charge in [0, 0.05) is 13.2 Å². The molecular weight excluding hydrogens is 156 g/mol. The maximum Gasteiger partial charge on any atom is 0.351 e. The zero-order valence-electron chi connectivity index (χ0n) is 7.89. The molecule has 0 aromatic carbocycles. The molecule has 11 heavy (non-hydrogen) atoms. The Labute approximate surface area is 71.1 Å². The highest BCUT2D eigenvalue weighted by Crippen LogP contribution is 2.02. The third kappa shape index (κ3) is 4.34. The number of rotatable bonds is 5. The van der Waals surface area contributed by atoms with Crippen molar-refractivity contribution in [1.82, 2.24) is 0 Å². The fourth-order valence-corrected chi connectivity index (χ4v) is 2.25. The minimum atomic E-state index is -1.47. The summed E-state index contributed by atoms with van der Waals surface area (Å²) in [5, 5.41) is 1.27. The van der Waals surface area contributed by atoms with Gasteiger partial charge in [0.2, 0.25) is 0 Å². The highest BCUT2D eigenvalue weighted by molar-refractivity contribution is 6.53. The molecule has 0 aliphatic carbocycles. The summed E-state index contributed by atoms with van der Waals surface area (Å²) in [4.78, 5) is 0. The van der Waals surface area contributed by atoms with Gasteiger partial charge >= 0.3 is 9.28 Å². The van der Waals surface area contributed by atoms with Crippen LogP contribution in [0.25, 0.3) is 0 Å². The summed E-state index contributed by atoms with van der Waals surface area (Å²) >= 11 is 0. The van der Waals surface area contributed by atoms with Crippen LogP contribution in [0, 0.1) is 0 Å². The highest BCUT2D eigenvalue weighted by atomic mass is 28.3. The molecule has 0 saturated carbocycles. The molecule has 0 rings (SSSR count). The molecule has 0 N–H and O–H groups in total. The van der Waals surface area contributed by atoms with Crippen molar-refractivity contribution >= 4 is 9.28 Å². The van der Waals surface area contributed by atoms with Gasteiger partial charge in [0.05, 0.1) is 0 Å². The molecule has 0 fully saturated rings. The largest absolute Gasteiger partial charge is 0.394 e. The van der Waals surface area contributed by atoms with Gasteiger partial charge in [-0.05, 0) is 32.9 Å². The summed E-state index contributed by atoms with van der Waals surface area (Å²) in [5.41, 5.74) is 0. The van der Waals surface area contributed by atoms with Crippen LogP contribution in [-0.4, -0.2) is 22.5 Å². The van der Waals surface area contributed by atoms with E-state index in [9.17, 15) is 0 Å². The zero-order chi connectivity index (χ0) is 8.69. The first kappa shape index (κ1) is 10.9. The molecule has 0 bridgehead atoms. The van der Waals surface area contributed by atoms with Crippen molar-refractivity contribution in [3.8, 4) is 0 Å². The van der Waals surface area contributed by atoms with Crippen molar-refractivity contribution < 1.29 is 8.85 Å². The van der Waals surface area contributed by atoms with E-state index in [4.69, 9.17) is 8.85 Å². The van der Waals surface area contributed by atoms with E-state index in [0.717, 1.165) is 13.2 Å². The van der Waals surface area contributed by atoms with Gasteiger partial charge in [0.25, 0.3) is 0 Å². The second-order valence-electron chi connectivity index (χ2n) is 2.28. The lowest BCUT2D eigenvalue weighted by Crippen LogP contribution is -2.24. The summed E-state index contributed by atoms with van der Waals surface area (Å²) < 4.78 is 11.0. The van der Waals surface area contributed by atoms with E-state index >= 15 is 0 Å². The standard InChI is InChI=1S/C8H18O2Si/c1-5-8(4)11(9-6-2)10-7-3/h5,11H,6-7H2,1-4H3. The maximum absolute atomic E-state index is 5.48. The van der Waals surface area contributed by atoms with Gasteiger partial charge in [0.1, 0.15) is 0 Å². The zero-order valence-corrected chi connectivity index (χ0v) is 9.04. The fourth-order valence-electron chi connectivity index (χ4n) is 0.750. The Bertz CT molecular complexity index is 117. The SMILES string of the molecule is CC=C(C)[SiH](OCC)OCC. The monoisotopic (exact) mass is 174 g/mol. The Morgan fingerprint density at radius 3 is 2.00 bits per heavy atom. The molecule has 0 amide bonds. The van der Waals surface area contributed by atoms with E-state index in [1.165, 1.54) is 5.20 Å². The summed E-state index contributed by atoms with van der Waals surface area (Å²) in [5.74, 6) is 0. The van der Waals surface area contributed by atoms with E-state index in [2.05, 4.69) is 13.0 Å². The molecule has 0 spiro atoms. The van der Waals surface area contributed by atoms with Gasteiger partial charge in [-0.15, -0.1) is 0 Å². The van der Waals surface area contributed by atoms with Gasteiger partial charge < -0.3 is 8.85 Å². The second-order valence-corrected chi connectivity index (χ2v) is 4.52. The minimum Gasteiger partial charge on any atom is -0.394 e. The molecule has 0 aromatic heterocycles. The van der Waals surface area contributed by atoms with Crippen LogP contribution in [0.2, 0.25) is 0 Å². The van der Waals surface area contributed by atoms with Crippen LogP contribution in [0.1, 0.15) is 27.7 Å². The summed E-state index contributed by atoms with van der Waals surface area (Å²) in [6.07, 6.45) is 2.07. The molecule has 2 nitrogen and oxygen atoms in total. The predicted molar refractivity (Wildman–Crippen MR) is 49.8 cm³/mol. The Morgan fingerprint density at radius 2 is 1.73 bits per heavy atom. The van der Waals surface area contributed by atoms with Crippen molar-refractivity contribution in [2.45, 2.75) is 27.7 Å². The van der Waals surface area contributed by atoms with Gasteiger partial charge in [-0.2, -0.15) is 0 Å². The van der Waals surface area contributed by atoms with E-state index in [1.54, 1.807) is 0 Å². The third-order valence-corrected chi connectivity index (χ3v) is 3.81. The lowest BCUT2D eigenvalue weighted by atomic mass is 10.6. The van der Waals surface area contributed by atoms with E-state index < -0.39 is 9.28 Å². The second kappa shape index (κ2) is 6.58. The number of hydrogen-bond acceptors (Lipinski definition) is 2. The molecule has 0 aromatic rings. The normalized spacial score (nSPS) is 12.6. The average Bonchev–Trinajstić information content (AvgIpc) is 2.03. The van der Waals surface area contributed by atoms with Crippen LogP contribution >= 0.6 is 0 Å².